The van der Waals surface area contributed by atoms with Gasteiger partial charge >= 0.3 is 12.1 Å². The van der Waals surface area contributed by atoms with Crippen molar-refractivity contribution in [3.8, 4) is 0 Å². The Bertz CT molecular complexity index is 930. The van der Waals surface area contributed by atoms with Gasteiger partial charge in [-0.2, -0.15) is 0 Å². The van der Waals surface area contributed by atoms with Crippen LogP contribution in [0.4, 0.5) is 4.79 Å². The Morgan fingerprint density at radius 2 is 1.94 bits per heavy atom. The summed E-state index contributed by atoms with van der Waals surface area (Å²) in [6.07, 6.45) is 6.32. The van der Waals surface area contributed by atoms with E-state index in [0.717, 1.165) is 12.8 Å². The highest BCUT2D eigenvalue weighted by molar-refractivity contribution is 6.01. The average Bonchev–Trinajstić information content (AvgIpc) is 2.76. The third kappa shape index (κ3) is 9.76. The van der Waals surface area contributed by atoms with Crippen LogP contribution >= 0.6 is 0 Å². The van der Waals surface area contributed by atoms with E-state index >= 15 is 0 Å². The summed E-state index contributed by atoms with van der Waals surface area (Å²) in [7, 11) is 0. The third-order valence-corrected chi connectivity index (χ3v) is 4.68. The van der Waals surface area contributed by atoms with E-state index in [9.17, 15) is 14.4 Å². The number of cyclic esters (lactones) is 1. The number of nitrogens with zero attached hydrogens (tertiary/aromatic N) is 2. The number of rotatable bonds is 2. The molecule has 1 aliphatic rings. The minimum absolute atomic E-state index is 0.0781. The van der Waals surface area contributed by atoms with E-state index in [1.54, 1.807) is 38.1 Å². The molecule has 32 heavy (non-hydrogen) atoms. The van der Waals surface area contributed by atoms with Crippen molar-refractivity contribution in [1.29, 1.82) is 0 Å². The van der Waals surface area contributed by atoms with E-state index in [2.05, 4.69) is 10.3 Å². The number of likely N-dealkylation sites (N-methyl/N-ethyl adjacent to an activating group) is 1. The molecular weight excluding hydrogens is 410 g/mol. The van der Waals surface area contributed by atoms with Crippen molar-refractivity contribution < 1.29 is 28.0 Å². The van der Waals surface area contributed by atoms with Gasteiger partial charge in [0.2, 0.25) is 11.9 Å². The first kappa shape index (κ1) is 20.7. The van der Waals surface area contributed by atoms with E-state index in [0.29, 0.717) is 29.7 Å². The second kappa shape index (κ2) is 12.6. The Kier molecular flexibility index (Phi) is 8.18. The quantitative estimate of drug-likeness (QED) is 0.546. The lowest BCUT2D eigenvalue weighted by atomic mass is 10.0. The Morgan fingerprint density at radius 3 is 2.66 bits per heavy atom. The van der Waals surface area contributed by atoms with Gasteiger partial charge in [-0.3, -0.25) is 14.9 Å². The molecule has 0 saturated heterocycles. The molecule has 0 atom stereocenters. The van der Waals surface area contributed by atoms with E-state index in [-0.39, 0.29) is 13.0 Å². The molecule has 1 N–H and O–H groups in total. The number of carbonyl (C=O) groups excluding carboxylic acids is 3. The maximum Gasteiger partial charge on any atom is 0.437 e. The van der Waals surface area contributed by atoms with Crippen LogP contribution in [0.1, 0.15) is 62.0 Å². The summed E-state index contributed by atoms with van der Waals surface area (Å²) < 4.78 is 34.3. The number of esters is 1. The van der Waals surface area contributed by atoms with Gasteiger partial charge in [-0.1, -0.05) is 42.5 Å². The largest absolute Gasteiger partial charge is 0.458 e. The highest BCUT2D eigenvalue weighted by Gasteiger charge is 2.24. The highest BCUT2D eigenvalue weighted by Crippen LogP contribution is 2.19. The topological polar surface area (TPSA) is 97.3 Å². The summed E-state index contributed by atoms with van der Waals surface area (Å²) in [4.78, 5) is 41.8. The van der Waals surface area contributed by atoms with Gasteiger partial charge in [-0.05, 0) is 51.5 Å². The molecule has 2 rings (SSSR count). The SMILES string of the molecule is [2H]C([2H])([2H])N1CC(=O)OC(C)(C)CCC/C=C/CCCC(=O)NC1=NC(=O)OCc1ccccc1. The summed E-state index contributed by atoms with van der Waals surface area (Å²) >= 11 is 0. The molecule has 8 nitrogen and oxygen atoms in total. The maximum atomic E-state index is 12.7. The summed E-state index contributed by atoms with van der Waals surface area (Å²) in [5.74, 6) is -1.96. The molecule has 8 heteroatoms. The lowest BCUT2D eigenvalue weighted by molar-refractivity contribution is -0.157. The standard InChI is InChI=1S/C24H33N3O5/c1-24(2)16-12-7-5-4-6-11-15-20(28)25-22(27(3)17-21(29)32-24)26-23(30)31-18-19-13-9-8-10-14-19/h4-5,8-10,13-14H,6-7,11-12,15-18H2,1-3H3,(H,25,26,28,30)/b5-4+/i3D3. The van der Waals surface area contributed by atoms with Crippen molar-refractivity contribution >= 4 is 23.9 Å². The van der Waals surface area contributed by atoms with Gasteiger partial charge in [0.25, 0.3) is 0 Å². The number of allylic oxidation sites excluding steroid dienone is 2. The molecule has 0 spiro atoms. The van der Waals surface area contributed by atoms with Crippen LogP contribution < -0.4 is 5.32 Å². The molecule has 0 unspecified atom stereocenters. The average molecular weight is 447 g/mol. The Hall–Kier alpha value is -3.16. The minimum atomic E-state index is -2.90. The van der Waals surface area contributed by atoms with E-state index in [4.69, 9.17) is 13.6 Å². The first-order valence-corrected chi connectivity index (χ1v) is 10.7. The second-order valence-corrected chi connectivity index (χ2v) is 8.10. The summed E-state index contributed by atoms with van der Waals surface area (Å²) in [6, 6.07) is 8.85. The van der Waals surface area contributed by atoms with Gasteiger partial charge in [-0.15, -0.1) is 4.99 Å². The molecule has 2 amide bonds. The van der Waals surface area contributed by atoms with Gasteiger partial charge < -0.3 is 14.4 Å². The maximum absolute atomic E-state index is 12.7. The van der Waals surface area contributed by atoms with Crippen LogP contribution in [-0.4, -0.2) is 48.0 Å². The molecule has 1 aromatic carbocycles. The fraction of sp³-hybridized carbons (Fsp3) is 0.500. The van der Waals surface area contributed by atoms with Crippen LogP contribution in [0.15, 0.2) is 47.5 Å². The monoisotopic (exact) mass is 446 g/mol. The fourth-order valence-corrected chi connectivity index (χ4v) is 3.04. The van der Waals surface area contributed by atoms with Gasteiger partial charge in [0.05, 0.1) is 0 Å². The molecule has 0 aromatic heterocycles. The molecule has 0 aliphatic carbocycles. The zero-order valence-corrected chi connectivity index (χ0v) is 18.6. The first-order chi connectivity index (χ1) is 16.5. The normalized spacial score (nSPS) is 22.6. The minimum Gasteiger partial charge on any atom is -0.458 e. The lowest BCUT2D eigenvalue weighted by Crippen LogP contribution is -2.46. The number of guanidine groups is 1. The van der Waals surface area contributed by atoms with Crippen LogP contribution in [-0.2, 0) is 25.7 Å². The van der Waals surface area contributed by atoms with E-state index in [1.165, 1.54) is 0 Å². The van der Waals surface area contributed by atoms with Crippen LogP contribution in [0.2, 0.25) is 0 Å². The van der Waals surface area contributed by atoms with Crippen LogP contribution in [0.3, 0.4) is 0 Å². The van der Waals surface area contributed by atoms with Crippen LogP contribution in [0, 0.1) is 0 Å². The zero-order valence-electron chi connectivity index (χ0n) is 21.6. The fourth-order valence-electron chi connectivity index (χ4n) is 3.04. The summed E-state index contributed by atoms with van der Waals surface area (Å²) in [5.41, 5.74) is -0.119. The Labute approximate surface area is 193 Å². The van der Waals surface area contributed by atoms with Gasteiger partial charge in [0, 0.05) is 17.5 Å². The van der Waals surface area contributed by atoms with Crippen LogP contribution in [0.25, 0.3) is 0 Å². The molecule has 0 fully saturated rings. The van der Waals surface area contributed by atoms with Crippen molar-refractivity contribution in [3.05, 3.63) is 48.0 Å². The van der Waals surface area contributed by atoms with E-state index < -0.39 is 43.1 Å². The number of hydrogen-bond acceptors (Lipinski definition) is 5. The number of aliphatic imine (C=N–C) groups is 1. The number of amides is 2. The first-order valence-electron chi connectivity index (χ1n) is 12.2. The Balaban J connectivity index is 2.30. The van der Waals surface area contributed by atoms with Gasteiger partial charge in [0.15, 0.2) is 0 Å². The lowest BCUT2D eigenvalue weighted by Gasteiger charge is -2.27. The number of ether oxygens (including phenoxy) is 2. The van der Waals surface area contributed by atoms with Crippen molar-refractivity contribution in [3.63, 3.8) is 0 Å². The van der Waals surface area contributed by atoms with Crippen molar-refractivity contribution in [2.45, 2.75) is 64.6 Å². The zero-order chi connectivity index (χ0) is 25.9. The molecule has 0 saturated carbocycles. The van der Waals surface area contributed by atoms with Crippen molar-refractivity contribution in [2.24, 2.45) is 4.99 Å². The van der Waals surface area contributed by atoms with E-state index in [1.807, 2.05) is 18.2 Å². The second-order valence-electron chi connectivity index (χ2n) is 8.10. The molecule has 0 bridgehead atoms. The third-order valence-electron chi connectivity index (χ3n) is 4.68. The molecule has 0 radical (unpaired) electrons. The number of carbonyl (C=O) groups is 3. The van der Waals surface area contributed by atoms with Crippen molar-refractivity contribution in [1.82, 2.24) is 10.2 Å². The predicted octanol–water partition coefficient (Wildman–Crippen LogP) is 3.96. The highest BCUT2D eigenvalue weighted by atomic mass is 16.6. The van der Waals surface area contributed by atoms with Crippen LogP contribution in [0.5, 0.6) is 0 Å². The number of nitrogens with one attached hydrogen (secondary N) is 1. The smallest absolute Gasteiger partial charge is 0.437 e. The predicted molar refractivity (Wildman–Crippen MR) is 122 cm³/mol. The Morgan fingerprint density at radius 1 is 1.22 bits per heavy atom. The molecule has 1 aromatic rings. The van der Waals surface area contributed by atoms with Gasteiger partial charge in [-0.25, -0.2) is 4.79 Å². The number of hydrogen-bond donors (Lipinski definition) is 1. The molecule has 174 valence electrons. The molecular formula is C24H33N3O5. The summed E-state index contributed by atoms with van der Waals surface area (Å²) in [6.45, 7) is -0.251. The molecule has 1 aliphatic heterocycles. The van der Waals surface area contributed by atoms with Crippen molar-refractivity contribution in [2.75, 3.05) is 13.5 Å². The molecule has 1 heterocycles. The number of benzene rings is 1. The van der Waals surface area contributed by atoms with Gasteiger partial charge in [0.1, 0.15) is 18.8 Å². The summed E-state index contributed by atoms with van der Waals surface area (Å²) in [5, 5.41) is 2.37.